The van der Waals surface area contributed by atoms with E-state index in [2.05, 4.69) is 21.2 Å². The second-order valence-electron chi connectivity index (χ2n) is 4.08. The van der Waals surface area contributed by atoms with E-state index in [1.165, 1.54) is 0 Å². The van der Waals surface area contributed by atoms with E-state index < -0.39 is 6.04 Å². The van der Waals surface area contributed by atoms with Crippen LogP contribution in [-0.2, 0) is 11.3 Å². The van der Waals surface area contributed by atoms with E-state index in [4.69, 9.17) is 5.73 Å². The number of carbonyl (C=O) groups excluding carboxylic acids is 1. The lowest BCUT2D eigenvalue weighted by molar-refractivity contribution is -0.123. The zero-order chi connectivity index (χ0) is 12.1. The van der Waals surface area contributed by atoms with Crippen LogP contribution in [0.1, 0.15) is 19.4 Å². The fourth-order valence-electron chi connectivity index (χ4n) is 1.24. The molecule has 0 aliphatic rings. The molecule has 0 heterocycles. The molecule has 0 radical (unpaired) electrons. The van der Waals surface area contributed by atoms with Crippen LogP contribution in [-0.4, -0.2) is 11.9 Å². The summed E-state index contributed by atoms with van der Waals surface area (Å²) < 4.78 is 0.994. The third-order valence-corrected chi connectivity index (χ3v) is 3.21. The van der Waals surface area contributed by atoms with Gasteiger partial charge in [-0.15, -0.1) is 12.4 Å². The summed E-state index contributed by atoms with van der Waals surface area (Å²) in [4.78, 5) is 11.6. The highest BCUT2D eigenvalue weighted by Gasteiger charge is 2.16. The molecule has 0 bridgehead atoms. The molecule has 1 rings (SSSR count). The van der Waals surface area contributed by atoms with Gasteiger partial charge in [0.05, 0.1) is 6.04 Å². The SMILES string of the molecule is CC(C)[C@@H](N)C(=O)NCc1ccccc1Br.Cl. The van der Waals surface area contributed by atoms with Gasteiger partial charge in [-0.25, -0.2) is 0 Å². The minimum atomic E-state index is -0.442. The summed E-state index contributed by atoms with van der Waals surface area (Å²) in [5, 5.41) is 2.83. The number of hydrogen-bond acceptors (Lipinski definition) is 2. The average Bonchev–Trinajstić information content (AvgIpc) is 2.26. The summed E-state index contributed by atoms with van der Waals surface area (Å²) in [6.45, 7) is 4.37. The van der Waals surface area contributed by atoms with Crippen LogP contribution in [0.5, 0.6) is 0 Å². The van der Waals surface area contributed by atoms with Crippen molar-refractivity contribution >= 4 is 34.2 Å². The van der Waals surface area contributed by atoms with Crippen LogP contribution in [0.2, 0.25) is 0 Å². The Morgan fingerprint density at radius 2 is 2.00 bits per heavy atom. The Kier molecular flexibility index (Phi) is 7.43. The largest absolute Gasteiger partial charge is 0.351 e. The number of halogens is 2. The van der Waals surface area contributed by atoms with Crippen LogP contribution < -0.4 is 11.1 Å². The number of rotatable bonds is 4. The first-order valence-corrected chi connectivity index (χ1v) is 6.08. The van der Waals surface area contributed by atoms with E-state index in [1.54, 1.807) is 0 Å². The highest BCUT2D eigenvalue weighted by molar-refractivity contribution is 9.10. The van der Waals surface area contributed by atoms with Crippen molar-refractivity contribution in [2.24, 2.45) is 11.7 Å². The average molecular weight is 322 g/mol. The second-order valence-corrected chi connectivity index (χ2v) is 4.93. The van der Waals surface area contributed by atoms with E-state index in [1.807, 2.05) is 38.1 Å². The summed E-state index contributed by atoms with van der Waals surface area (Å²) in [5.41, 5.74) is 6.79. The quantitative estimate of drug-likeness (QED) is 0.895. The zero-order valence-electron chi connectivity index (χ0n) is 9.94. The Labute approximate surface area is 117 Å². The highest BCUT2D eigenvalue weighted by Crippen LogP contribution is 2.15. The van der Waals surface area contributed by atoms with Crippen molar-refractivity contribution in [1.82, 2.24) is 5.32 Å². The van der Waals surface area contributed by atoms with Crippen molar-refractivity contribution in [3.8, 4) is 0 Å². The molecule has 5 heteroatoms. The van der Waals surface area contributed by atoms with Gasteiger partial charge in [0.2, 0.25) is 5.91 Å². The normalized spacial score (nSPS) is 11.8. The number of nitrogens with two attached hydrogens (primary N) is 1. The zero-order valence-corrected chi connectivity index (χ0v) is 12.3. The Balaban J connectivity index is 0.00000256. The lowest BCUT2D eigenvalue weighted by Crippen LogP contribution is -2.43. The molecule has 1 amide bonds. The van der Waals surface area contributed by atoms with Gasteiger partial charge in [0.25, 0.3) is 0 Å². The van der Waals surface area contributed by atoms with Crippen LogP contribution in [0.3, 0.4) is 0 Å². The lowest BCUT2D eigenvalue weighted by Gasteiger charge is -2.15. The van der Waals surface area contributed by atoms with Crippen molar-refractivity contribution in [1.29, 1.82) is 0 Å². The Morgan fingerprint density at radius 1 is 1.41 bits per heavy atom. The molecule has 3 N–H and O–H groups in total. The fraction of sp³-hybridized carbons (Fsp3) is 0.417. The second kappa shape index (κ2) is 7.69. The molecule has 17 heavy (non-hydrogen) atoms. The van der Waals surface area contributed by atoms with E-state index in [-0.39, 0.29) is 24.2 Å². The molecule has 1 atom stereocenters. The van der Waals surface area contributed by atoms with Gasteiger partial charge in [0, 0.05) is 11.0 Å². The van der Waals surface area contributed by atoms with Gasteiger partial charge in [-0.2, -0.15) is 0 Å². The van der Waals surface area contributed by atoms with Crippen LogP contribution in [0.15, 0.2) is 28.7 Å². The molecular weight excluding hydrogens is 304 g/mol. The summed E-state index contributed by atoms with van der Waals surface area (Å²) in [5.74, 6) is 0.0463. The van der Waals surface area contributed by atoms with Crippen molar-refractivity contribution in [3.63, 3.8) is 0 Å². The third kappa shape index (κ3) is 5.06. The molecular formula is C12H18BrClN2O. The fourth-order valence-corrected chi connectivity index (χ4v) is 1.67. The van der Waals surface area contributed by atoms with Gasteiger partial charge in [0.1, 0.15) is 0 Å². The van der Waals surface area contributed by atoms with Crippen LogP contribution in [0, 0.1) is 5.92 Å². The third-order valence-electron chi connectivity index (χ3n) is 2.43. The van der Waals surface area contributed by atoms with Crippen LogP contribution in [0.4, 0.5) is 0 Å². The molecule has 0 saturated heterocycles. The first-order chi connectivity index (χ1) is 7.52. The molecule has 96 valence electrons. The maximum absolute atomic E-state index is 11.6. The van der Waals surface area contributed by atoms with Crippen LogP contribution >= 0.6 is 28.3 Å². The minimum Gasteiger partial charge on any atom is -0.351 e. The van der Waals surface area contributed by atoms with Crippen molar-refractivity contribution in [3.05, 3.63) is 34.3 Å². The van der Waals surface area contributed by atoms with Gasteiger partial charge >= 0.3 is 0 Å². The molecule has 0 aromatic heterocycles. The molecule has 0 aliphatic heterocycles. The smallest absolute Gasteiger partial charge is 0.237 e. The Bertz CT molecular complexity index is 371. The number of nitrogens with one attached hydrogen (secondary N) is 1. The summed E-state index contributed by atoms with van der Waals surface area (Å²) in [6, 6.07) is 7.35. The molecule has 3 nitrogen and oxygen atoms in total. The van der Waals surface area contributed by atoms with Gasteiger partial charge in [-0.05, 0) is 17.5 Å². The molecule has 0 spiro atoms. The molecule has 0 aliphatic carbocycles. The molecule has 0 unspecified atom stereocenters. The Morgan fingerprint density at radius 3 is 2.53 bits per heavy atom. The monoisotopic (exact) mass is 320 g/mol. The van der Waals surface area contributed by atoms with E-state index >= 15 is 0 Å². The Hall–Kier alpha value is -0.580. The first-order valence-electron chi connectivity index (χ1n) is 5.29. The first kappa shape index (κ1) is 16.4. The molecule has 1 aromatic carbocycles. The number of amides is 1. The van der Waals surface area contributed by atoms with Gasteiger partial charge < -0.3 is 11.1 Å². The maximum atomic E-state index is 11.6. The molecule has 0 saturated carbocycles. The molecule has 1 aromatic rings. The van der Waals surface area contributed by atoms with Crippen molar-refractivity contribution in [2.45, 2.75) is 26.4 Å². The number of benzene rings is 1. The van der Waals surface area contributed by atoms with E-state index in [0.717, 1.165) is 10.0 Å². The summed E-state index contributed by atoms with van der Waals surface area (Å²) >= 11 is 3.43. The predicted octanol–water partition coefficient (Wildman–Crippen LogP) is 2.47. The number of hydrogen-bond donors (Lipinski definition) is 2. The highest BCUT2D eigenvalue weighted by atomic mass is 79.9. The lowest BCUT2D eigenvalue weighted by atomic mass is 10.0. The topological polar surface area (TPSA) is 55.1 Å². The summed E-state index contributed by atoms with van der Waals surface area (Å²) in [7, 11) is 0. The van der Waals surface area contributed by atoms with Crippen molar-refractivity contribution in [2.75, 3.05) is 0 Å². The number of carbonyl (C=O) groups is 1. The van der Waals surface area contributed by atoms with Gasteiger partial charge in [-0.1, -0.05) is 48.0 Å². The maximum Gasteiger partial charge on any atom is 0.237 e. The standard InChI is InChI=1S/C12H17BrN2O.ClH/c1-8(2)11(14)12(16)15-7-9-5-3-4-6-10(9)13;/h3-6,8,11H,7,14H2,1-2H3,(H,15,16);1H/t11-;/m1./s1. The predicted molar refractivity (Wildman–Crippen MR) is 76.1 cm³/mol. The van der Waals surface area contributed by atoms with Gasteiger partial charge in [-0.3, -0.25) is 4.79 Å². The van der Waals surface area contributed by atoms with Crippen LogP contribution in [0.25, 0.3) is 0 Å². The molecule has 0 fully saturated rings. The van der Waals surface area contributed by atoms with E-state index in [9.17, 15) is 4.79 Å². The van der Waals surface area contributed by atoms with Gasteiger partial charge in [0.15, 0.2) is 0 Å². The van der Waals surface area contributed by atoms with E-state index in [0.29, 0.717) is 6.54 Å². The van der Waals surface area contributed by atoms with Crippen molar-refractivity contribution < 1.29 is 4.79 Å². The summed E-state index contributed by atoms with van der Waals surface area (Å²) in [6.07, 6.45) is 0. The minimum absolute atomic E-state index is 0.